The molecular formula is C28H21Cl2NO6. The average molecular weight is 538 g/mol. The van der Waals surface area contributed by atoms with E-state index in [0.717, 1.165) is 11.1 Å². The molecule has 1 atom stereocenters. The predicted octanol–water partition coefficient (Wildman–Crippen LogP) is 6.85. The number of hydrogen-bond donors (Lipinski definition) is 2. The van der Waals surface area contributed by atoms with E-state index in [1.165, 1.54) is 30.2 Å². The van der Waals surface area contributed by atoms with E-state index in [-0.39, 0.29) is 22.1 Å². The monoisotopic (exact) mass is 537 g/mol. The first-order valence-corrected chi connectivity index (χ1v) is 12.0. The Kier molecular flexibility index (Phi) is 6.14. The number of phenolic OH excluding ortho intramolecular Hbond substituents is 1. The molecular weight excluding hydrogens is 517 g/mol. The van der Waals surface area contributed by atoms with Gasteiger partial charge >= 0.3 is 0 Å². The zero-order chi connectivity index (χ0) is 26.6. The number of fused-ring (bicyclic) bond motifs is 1. The molecule has 1 aromatic heterocycles. The summed E-state index contributed by atoms with van der Waals surface area (Å²) in [5, 5.41) is 21.9. The fraction of sp³-hybridized carbons (Fsp3) is 0.143. The number of rotatable bonds is 5. The van der Waals surface area contributed by atoms with E-state index in [0.29, 0.717) is 33.0 Å². The van der Waals surface area contributed by atoms with Gasteiger partial charge in [-0.25, -0.2) is 0 Å². The fourth-order valence-electron chi connectivity index (χ4n) is 4.47. The number of carbonyl (C=O) groups is 2. The van der Waals surface area contributed by atoms with Gasteiger partial charge in [0.05, 0.1) is 23.7 Å². The number of ether oxygens (including phenoxy) is 1. The number of methoxy groups -OCH3 is 1. The summed E-state index contributed by atoms with van der Waals surface area (Å²) >= 11 is 12.4. The molecule has 7 nitrogen and oxygen atoms in total. The lowest BCUT2D eigenvalue weighted by Crippen LogP contribution is -2.31. The molecule has 1 amide bonds. The maximum atomic E-state index is 13.8. The fourth-order valence-corrected chi connectivity index (χ4v) is 4.88. The first-order chi connectivity index (χ1) is 17.6. The Morgan fingerprint density at radius 1 is 1.00 bits per heavy atom. The Morgan fingerprint density at radius 2 is 1.76 bits per heavy atom. The highest BCUT2D eigenvalue weighted by atomic mass is 35.5. The van der Waals surface area contributed by atoms with Gasteiger partial charge in [-0.15, -0.1) is 0 Å². The van der Waals surface area contributed by atoms with Crippen LogP contribution in [-0.2, 0) is 4.79 Å². The van der Waals surface area contributed by atoms with Gasteiger partial charge in [-0.1, -0.05) is 35.3 Å². The number of phenols is 1. The van der Waals surface area contributed by atoms with E-state index in [4.69, 9.17) is 32.4 Å². The Balaban J connectivity index is 1.69. The van der Waals surface area contributed by atoms with E-state index < -0.39 is 23.5 Å². The number of Topliss-reactive ketones (excluding diaryl/α,β-unsaturated/α-hetero) is 1. The molecule has 0 spiro atoms. The number of aryl methyl sites for hydroxylation is 2. The molecule has 0 fully saturated rings. The number of aliphatic hydroxyl groups excluding tert-OH is 1. The van der Waals surface area contributed by atoms with Crippen LogP contribution < -0.4 is 9.64 Å². The molecule has 0 saturated heterocycles. The minimum Gasteiger partial charge on any atom is -0.506 e. The number of amides is 1. The van der Waals surface area contributed by atoms with E-state index in [1.54, 1.807) is 30.3 Å². The molecule has 0 saturated carbocycles. The number of benzene rings is 3. The molecule has 2 N–H and O–H groups in total. The van der Waals surface area contributed by atoms with Crippen LogP contribution in [0.4, 0.5) is 5.69 Å². The summed E-state index contributed by atoms with van der Waals surface area (Å²) in [7, 11) is 1.45. The topological polar surface area (TPSA) is 100 Å². The molecule has 0 aliphatic carbocycles. The van der Waals surface area contributed by atoms with Gasteiger partial charge in [0.2, 0.25) is 5.78 Å². The van der Waals surface area contributed by atoms with Gasteiger partial charge in [-0.2, -0.15) is 0 Å². The van der Waals surface area contributed by atoms with Crippen LogP contribution in [0.25, 0.3) is 11.0 Å². The van der Waals surface area contributed by atoms with Gasteiger partial charge in [0.1, 0.15) is 5.75 Å². The summed E-state index contributed by atoms with van der Waals surface area (Å²) in [4.78, 5) is 28.6. The van der Waals surface area contributed by atoms with Crippen molar-refractivity contribution in [3.63, 3.8) is 0 Å². The van der Waals surface area contributed by atoms with Gasteiger partial charge in [-0.05, 0) is 66.9 Å². The first kappa shape index (κ1) is 24.7. The lowest BCUT2D eigenvalue weighted by atomic mass is 9.94. The minimum absolute atomic E-state index is 0.0336. The number of aromatic hydroxyl groups is 1. The predicted molar refractivity (Wildman–Crippen MR) is 141 cm³/mol. The molecule has 188 valence electrons. The molecule has 4 aromatic rings. The van der Waals surface area contributed by atoms with Crippen LogP contribution in [-0.4, -0.2) is 29.0 Å². The van der Waals surface area contributed by atoms with E-state index in [1.807, 2.05) is 19.9 Å². The first-order valence-electron chi connectivity index (χ1n) is 11.2. The van der Waals surface area contributed by atoms with Crippen molar-refractivity contribution < 1.29 is 29.0 Å². The lowest BCUT2D eigenvalue weighted by molar-refractivity contribution is -0.117. The number of nitrogens with zero attached hydrogens (tertiary/aromatic N) is 1. The Morgan fingerprint density at radius 3 is 2.43 bits per heavy atom. The smallest absolute Gasteiger partial charge is 0.294 e. The van der Waals surface area contributed by atoms with Crippen molar-refractivity contribution in [1.29, 1.82) is 0 Å². The average Bonchev–Trinajstić information content (AvgIpc) is 3.40. The third-order valence-electron chi connectivity index (χ3n) is 6.50. The van der Waals surface area contributed by atoms with E-state index >= 15 is 0 Å². The number of hydrogen-bond acceptors (Lipinski definition) is 6. The molecule has 2 heterocycles. The molecule has 1 aliphatic heterocycles. The second kappa shape index (κ2) is 9.18. The van der Waals surface area contributed by atoms with Crippen molar-refractivity contribution in [2.75, 3.05) is 12.0 Å². The molecule has 5 rings (SSSR count). The Labute approximate surface area is 222 Å². The van der Waals surface area contributed by atoms with Crippen molar-refractivity contribution in [3.05, 3.63) is 98.4 Å². The molecule has 37 heavy (non-hydrogen) atoms. The number of furan rings is 1. The molecule has 3 aromatic carbocycles. The number of anilines is 1. The quantitative estimate of drug-likeness (QED) is 0.270. The zero-order valence-corrected chi connectivity index (χ0v) is 21.5. The maximum Gasteiger partial charge on any atom is 0.294 e. The third kappa shape index (κ3) is 4.10. The number of halogens is 2. The highest BCUT2D eigenvalue weighted by Gasteiger charge is 2.45. The molecule has 9 heteroatoms. The van der Waals surface area contributed by atoms with Crippen LogP contribution in [0.1, 0.15) is 33.3 Å². The van der Waals surface area contributed by atoms with Gasteiger partial charge in [0, 0.05) is 22.2 Å². The van der Waals surface area contributed by atoms with E-state index in [9.17, 15) is 19.8 Å². The van der Waals surface area contributed by atoms with Gasteiger partial charge < -0.3 is 19.4 Å². The van der Waals surface area contributed by atoms with Gasteiger partial charge in [-0.3, -0.25) is 14.5 Å². The largest absolute Gasteiger partial charge is 0.506 e. The van der Waals surface area contributed by atoms with Crippen LogP contribution in [0.5, 0.6) is 11.5 Å². The van der Waals surface area contributed by atoms with Crippen molar-refractivity contribution in [2.24, 2.45) is 0 Å². The number of carbonyl (C=O) groups excluding carboxylic acids is 2. The maximum absolute atomic E-state index is 13.8. The van der Waals surface area contributed by atoms with E-state index in [2.05, 4.69) is 0 Å². The highest BCUT2D eigenvalue weighted by molar-refractivity contribution is 6.32. The summed E-state index contributed by atoms with van der Waals surface area (Å²) in [6.07, 6.45) is 0. The standard InChI is InChI=1S/C28H21Cl2NO6/c1-13-4-6-18(8-14(13)2)31-24(15-5-7-20(32)19(30)10-15)23(26(34)28(31)35)25(33)21-11-16-9-17(29)12-22(36-3)27(16)37-21/h4-12,24,32,34H,1-3H3. The van der Waals surface area contributed by atoms with Crippen LogP contribution in [0.3, 0.4) is 0 Å². The van der Waals surface area contributed by atoms with Crippen molar-refractivity contribution >= 4 is 51.5 Å². The third-order valence-corrected chi connectivity index (χ3v) is 7.02. The summed E-state index contributed by atoms with van der Waals surface area (Å²) in [5.41, 5.74) is 2.95. The van der Waals surface area contributed by atoms with Gasteiger partial charge in [0.25, 0.3) is 5.91 Å². The minimum atomic E-state index is -1.04. The SMILES string of the molecule is COc1cc(Cl)cc2cc(C(=O)C3=C(O)C(=O)N(c4ccc(C)c(C)c4)C3c3ccc(O)c(Cl)c3)oc12. The molecule has 0 radical (unpaired) electrons. The summed E-state index contributed by atoms with van der Waals surface area (Å²) in [6, 6.07) is 13.4. The number of ketones is 1. The Bertz CT molecular complexity index is 1640. The summed E-state index contributed by atoms with van der Waals surface area (Å²) < 4.78 is 11.2. The number of aliphatic hydroxyl groups is 1. The van der Waals surface area contributed by atoms with Crippen LogP contribution >= 0.6 is 23.2 Å². The lowest BCUT2D eigenvalue weighted by Gasteiger charge is -2.27. The second-order valence-corrected chi connectivity index (χ2v) is 9.63. The summed E-state index contributed by atoms with van der Waals surface area (Å²) in [6.45, 7) is 3.84. The van der Waals surface area contributed by atoms with Crippen molar-refractivity contribution in [2.45, 2.75) is 19.9 Å². The molecule has 1 unspecified atom stereocenters. The van der Waals surface area contributed by atoms with Crippen LogP contribution in [0.15, 0.2) is 70.3 Å². The van der Waals surface area contributed by atoms with Crippen molar-refractivity contribution in [1.82, 2.24) is 0 Å². The zero-order valence-electron chi connectivity index (χ0n) is 20.0. The molecule has 0 bridgehead atoms. The normalized spacial score (nSPS) is 15.6. The van der Waals surface area contributed by atoms with Crippen LogP contribution in [0.2, 0.25) is 10.0 Å². The Hall–Kier alpha value is -3.94. The summed E-state index contributed by atoms with van der Waals surface area (Å²) in [5.74, 6) is -2.08. The second-order valence-electron chi connectivity index (χ2n) is 8.79. The van der Waals surface area contributed by atoms with Crippen LogP contribution in [0, 0.1) is 13.8 Å². The molecule has 1 aliphatic rings. The van der Waals surface area contributed by atoms with Crippen molar-refractivity contribution in [3.8, 4) is 11.5 Å². The van der Waals surface area contributed by atoms with Gasteiger partial charge in [0.15, 0.2) is 22.9 Å². The highest BCUT2D eigenvalue weighted by Crippen LogP contribution is 2.44.